The number of fused-ring (bicyclic) bond motifs is 2. The number of anilines is 2. The van der Waals surface area contributed by atoms with Gasteiger partial charge in [0.05, 0.1) is 34.6 Å². The van der Waals surface area contributed by atoms with Gasteiger partial charge in [-0.25, -0.2) is 23.1 Å². The Balaban J connectivity index is 0.869. The Kier molecular flexibility index (Phi) is 10.4. The quantitative estimate of drug-likeness (QED) is 0.182. The number of hydrogen-bond acceptors (Lipinski definition) is 9. The van der Waals surface area contributed by atoms with Crippen molar-refractivity contribution in [2.24, 2.45) is 13.0 Å². The summed E-state index contributed by atoms with van der Waals surface area (Å²) in [7, 11) is 3.91. The first-order valence-electron chi connectivity index (χ1n) is 19.9. The maximum atomic E-state index is 14.2. The lowest BCUT2D eigenvalue weighted by atomic mass is 9.85. The maximum absolute atomic E-state index is 14.2. The van der Waals surface area contributed by atoms with E-state index >= 15 is 0 Å². The van der Waals surface area contributed by atoms with Crippen molar-refractivity contribution in [1.29, 1.82) is 0 Å². The summed E-state index contributed by atoms with van der Waals surface area (Å²) < 4.78 is 34.6. The minimum atomic E-state index is -2.86. The number of aromatic nitrogens is 7. The number of aryl methyl sites for hydroxylation is 1. The first-order chi connectivity index (χ1) is 27.4. The number of rotatable bonds is 10. The van der Waals surface area contributed by atoms with Crippen molar-refractivity contribution in [2.75, 3.05) is 36.9 Å². The van der Waals surface area contributed by atoms with E-state index in [4.69, 9.17) is 0 Å². The van der Waals surface area contributed by atoms with Crippen LogP contribution in [-0.2, 0) is 16.6 Å². The van der Waals surface area contributed by atoms with E-state index in [9.17, 15) is 28.0 Å². The van der Waals surface area contributed by atoms with E-state index in [0.29, 0.717) is 29.5 Å². The molecule has 57 heavy (non-hydrogen) atoms. The van der Waals surface area contributed by atoms with Crippen LogP contribution in [0.15, 0.2) is 47.7 Å². The fourth-order valence-corrected chi connectivity index (χ4v) is 9.00. The van der Waals surface area contributed by atoms with Crippen LogP contribution in [0.2, 0.25) is 0 Å². The molecule has 1 aromatic carbocycles. The average molecular weight is 786 g/mol. The molecule has 17 heteroatoms. The number of alkyl halides is 2. The number of halogens is 2. The fraction of sp³-hybridized carbons (Fsp3) is 0.525. The van der Waals surface area contributed by atoms with Crippen LogP contribution in [0.4, 0.5) is 20.2 Å². The summed E-state index contributed by atoms with van der Waals surface area (Å²) in [5.74, 6) is -0.726. The number of nitrogens with zero attached hydrogens (tertiary/aromatic N) is 9. The molecule has 15 nitrogen and oxygen atoms in total. The van der Waals surface area contributed by atoms with Crippen molar-refractivity contribution >= 4 is 45.8 Å². The van der Waals surface area contributed by atoms with Gasteiger partial charge < -0.3 is 15.1 Å². The molecule has 302 valence electrons. The summed E-state index contributed by atoms with van der Waals surface area (Å²) in [6.07, 6.45) is 7.66. The lowest BCUT2D eigenvalue weighted by Gasteiger charge is -2.40. The molecule has 1 unspecified atom stereocenters. The molecule has 6 heterocycles. The van der Waals surface area contributed by atoms with Crippen molar-refractivity contribution in [3.63, 3.8) is 0 Å². The predicted octanol–water partition coefficient (Wildman–Crippen LogP) is 5.20. The fourth-order valence-electron chi connectivity index (χ4n) is 9.00. The Bertz CT molecular complexity index is 2380. The molecule has 5 aromatic rings. The molecule has 2 aliphatic heterocycles. The van der Waals surface area contributed by atoms with Gasteiger partial charge in [-0.1, -0.05) is 19.9 Å². The highest BCUT2D eigenvalue weighted by atomic mass is 19.3. The molecular formula is C40H49F2N11O4. The number of carbonyl (C=O) groups excluding carboxylic acids is 3. The molecule has 2 N–H and O–H groups in total. The highest BCUT2D eigenvalue weighted by molar-refractivity contribution is 6.08. The van der Waals surface area contributed by atoms with Crippen LogP contribution >= 0.6 is 0 Å². The Morgan fingerprint density at radius 1 is 1.04 bits per heavy atom. The van der Waals surface area contributed by atoms with Gasteiger partial charge >= 0.3 is 5.69 Å². The predicted molar refractivity (Wildman–Crippen MR) is 210 cm³/mol. The third-order valence-electron chi connectivity index (χ3n) is 12.2. The minimum Gasteiger partial charge on any atom is -0.370 e. The smallest absolute Gasteiger partial charge is 0.329 e. The number of benzene rings is 1. The number of hydrogen-bond donors (Lipinski definition) is 2. The van der Waals surface area contributed by atoms with Crippen LogP contribution in [-0.4, -0.2) is 88.9 Å². The van der Waals surface area contributed by atoms with Gasteiger partial charge in [-0.3, -0.25) is 33.5 Å². The van der Waals surface area contributed by atoms with Crippen LogP contribution in [0.3, 0.4) is 0 Å². The van der Waals surface area contributed by atoms with E-state index in [2.05, 4.69) is 42.7 Å². The van der Waals surface area contributed by atoms with E-state index < -0.39 is 30.0 Å². The molecule has 3 amide bonds. The van der Waals surface area contributed by atoms with Crippen molar-refractivity contribution in [2.45, 2.75) is 95.7 Å². The monoisotopic (exact) mass is 785 g/mol. The third kappa shape index (κ3) is 7.32. The van der Waals surface area contributed by atoms with Crippen molar-refractivity contribution < 1.29 is 23.2 Å². The highest BCUT2D eigenvalue weighted by Gasteiger charge is 2.34. The van der Waals surface area contributed by atoms with Gasteiger partial charge in [0.2, 0.25) is 11.8 Å². The van der Waals surface area contributed by atoms with Crippen molar-refractivity contribution in [3.8, 4) is 0 Å². The molecule has 0 bridgehead atoms. The van der Waals surface area contributed by atoms with Crippen LogP contribution in [0.25, 0.3) is 16.7 Å². The van der Waals surface area contributed by atoms with Gasteiger partial charge in [0.15, 0.2) is 11.3 Å². The van der Waals surface area contributed by atoms with Crippen LogP contribution < -0.4 is 21.2 Å². The zero-order chi connectivity index (χ0) is 40.1. The Labute approximate surface area is 328 Å². The Morgan fingerprint density at radius 3 is 2.49 bits per heavy atom. The molecule has 1 saturated carbocycles. The molecule has 0 spiro atoms. The Morgan fingerprint density at radius 2 is 1.79 bits per heavy atom. The van der Waals surface area contributed by atoms with Crippen LogP contribution in [0.5, 0.6) is 0 Å². The van der Waals surface area contributed by atoms with E-state index in [0.717, 1.165) is 75.1 Å². The van der Waals surface area contributed by atoms with E-state index in [1.54, 1.807) is 22.5 Å². The standard InChI is InChI=1S/C40H49F2N11O4/c1-23(2)28-16-19-51-37(44-28)27(20-43-51)38(55)45-29-22-52(47-34(29)36(41)42)26-10-8-24(9-11-26)21-48(3)25-14-17-50(18-15-25)30-6-5-7-31-35(30)49(4)40(57)53(31)32-12-13-33(54)46-39(32)56/h5-7,16,19-20,22-26,32,36H,8-15,17-18,21H2,1-4H3,(H,45,55)(H,46,54,56). The number of piperidine rings is 2. The molecule has 3 aliphatic rings. The summed E-state index contributed by atoms with van der Waals surface area (Å²) in [5.41, 5.74) is 3.06. The van der Waals surface area contributed by atoms with Gasteiger partial charge in [0, 0.05) is 57.2 Å². The molecule has 4 aromatic heterocycles. The number of amides is 3. The van der Waals surface area contributed by atoms with Gasteiger partial charge in [-0.05, 0) is 82.0 Å². The van der Waals surface area contributed by atoms with Crippen molar-refractivity contribution in [3.05, 3.63) is 70.3 Å². The summed E-state index contributed by atoms with van der Waals surface area (Å²) in [4.78, 5) is 60.6. The SMILES string of the molecule is CC(C)c1ccn2ncc(C(=O)Nc3cn(C4CCC(CN(C)C5CCN(c6cccc7c6n(C)c(=O)n7C6CCC(=O)NC6=O)CC5)CC4)nc3C(F)F)c2n1. The average Bonchev–Trinajstić information content (AvgIpc) is 3.89. The second kappa shape index (κ2) is 15.5. The molecule has 8 rings (SSSR count). The molecule has 0 radical (unpaired) electrons. The maximum Gasteiger partial charge on any atom is 0.329 e. The molecule has 3 fully saturated rings. The van der Waals surface area contributed by atoms with E-state index in [1.807, 2.05) is 38.1 Å². The number of nitrogens with one attached hydrogen (secondary N) is 2. The van der Waals surface area contributed by atoms with Crippen LogP contribution in [0, 0.1) is 5.92 Å². The molecule has 2 saturated heterocycles. The van der Waals surface area contributed by atoms with Crippen molar-refractivity contribution in [1.82, 2.24) is 43.7 Å². The second-order valence-electron chi connectivity index (χ2n) is 16.2. The number of imide groups is 1. The first kappa shape index (κ1) is 38.4. The molecular weight excluding hydrogens is 737 g/mol. The number of imidazole rings is 1. The van der Waals surface area contributed by atoms with Gasteiger partial charge in [0.25, 0.3) is 12.3 Å². The van der Waals surface area contributed by atoms with Gasteiger partial charge in [-0.2, -0.15) is 10.2 Å². The lowest BCUT2D eigenvalue weighted by molar-refractivity contribution is -0.135. The van der Waals surface area contributed by atoms with Crippen LogP contribution in [0.1, 0.15) is 111 Å². The summed E-state index contributed by atoms with van der Waals surface area (Å²) in [5, 5.41) is 13.5. The number of para-hydroxylation sites is 1. The highest BCUT2D eigenvalue weighted by Crippen LogP contribution is 2.37. The summed E-state index contributed by atoms with van der Waals surface area (Å²) >= 11 is 0. The molecule has 1 atom stereocenters. The first-order valence-corrected chi connectivity index (χ1v) is 19.9. The summed E-state index contributed by atoms with van der Waals surface area (Å²) in [6.45, 7) is 6.57. The largest absolute Gasteiger partial charge is 0.370 e. The normalized spacial score (nSPS) is 21.1. The zero-order valence-electron chi connectivity index (χ0n) is 32.7. The van der Waals surface area contributed by atoms with E-state index in [-0.39, 0.29) is 41.2 Å². The lowest BCUT2D eigenvalue weighted by Crippen LogP contribution is -2.45. The number of carbonyl (C=O) groups is 3. The minimum absolute atomic E-state index is 0.00657. The van der Waals surface area contributed by atoms with Gasteiger partial charge in [0.1, 0.15) is 11.6 Å². The topological polar surface area (TPSA) is 157 Å². The third-order valence-corrected chi connectivity index (χ3v) is 12.2. The summed E-state index contributed by atoms with van der Waals surface area (Å²) in [6, 6.07) is 7.27. The molecule has 1 aliphatic carbocycles. The van der Waals surface area contributed by atoms with Gasteiger partial charge in [-0.15, -0.1) is 0 Å². The van der Waals surface area contributed by atoms with E-state index in [1.165, 1.54) is 21.5 Å². The second-order valence-corrected chi connectivity index (χ2v) is 16.2. The zero-order valence-corrected chi connectivity index (χ0v) is 32.7. The Hall–Kier alpha value is -5.45.